The molecule has 0 bridgehead atoms. The first-order chi connectivity index (χ1) is 12.0. The van der Waals surface area contributed by atoms with Gasteiger partial charge in [0.15, 0.2) is 4.77 Å². The van der Waals surface area contributed by atoms with Gasteiger partial charge in [-0.15, -0.1) is 0 Å². The Hall–Kier alpha value is -2.22. The van der Waals surface area contributed by atoms with E-state index >= 15 is 0 Å². The van der Waals surface area contributed by atoms with Crippen LogP contribution in [0.2, 0.25) is 0 Å². The molecule has 0 spiro atoms. The number of halogens is 1. The highest BCUT2D eigenvalue weighted by Gasteiger charge is 2.26. The molecule has 0 aliphatic carbocycles. The van der Waals surface area contributed by atoms with Gasteiger partial charge in [0.25, 0.3) is 0 Å². The molecule has 1 atom stereocenters. The second-order valence-corrected chi connectivity index (χ2v) is 6.84. The van der Waals surface area contributed by atoms with Gasteiger partial charge in [-0.05, 0) is 42.4 Å². The first-order valence-electron chi connectivity index (χ1n) is 8.29. The van der Waals surface area contributed by atoms with Crippen molar-refractivity contribution >= 4 is 18.1 Å². The number of hydrogen-bond donors (Lipinski definition) is 2. The standard InChI is InChI=1S/C17H21FN4O2S/c1-10(2)15-20-21-17(25)22(15)6-5-19-16(23)12-7-11-8-13(18)3-4-14(11)24-9-12/h3-4,8,10,12H,5-7,9H2,1-2H3,(H,19,23)(H,21,25). The lowest BCUT2D eigenvalue weighted by Gasteiger charge is -2.24. The molecule has 1 aromatic carbocycles. The van der Waals surface area contributed by atoms with Gasteiger partial charge in [0.1, 0.15) is 24.0 Å². The van der Waals surface area contributed by atoms with Gasteiger partial charge in [-0.25, -0.2) is 4.39 Å². The number of hydrogen-bond acceptors (Lipinski definition) is 4. The van der Waals surface area contributed by atoms with Gasteiger partial charge in [0, 0.05) is 19.0 Å². The molecule has 1 unspecified atom stereocenters. The normalized spacial score (nSPS) is 16.4. The smallest absolute Gasteiger partial charge is 0.226 e. The molecule has 0 saturated heterocycles. The zero-order valence-electron chi connectivity index (χ0n) is 14.2. The molecule has 25 heavy (non-hydrogen) atoms. The van der Waals surface area contributed by atoms with Crippen molar-refractivity contribution in [3.8, 4) is 5.75 Å². The maximum absolute atomic E-state index is 13.3. The van der Waals surface area contributed by atoms with E-state index in [1.807, 2.05) is 18.4 Å². The molecule has 6 nitrogen and oxygen atoms in total. The zero-order valence-corrected chi connectivity index (χ0v) is 15.0. The second-order valence-electron chi connectivity index (χ2n) is 6.45. The van der Waals surface area contributed by atoms with E-state index < -0.39 is 0 Å². The van der Waals surface area contributed by atoms with Gasteiger partial charge < -0.3 is 14.6 Å². The number of carbonyl (C=O) groups is 1. The van der Waals surface area contributed by atoms with E-state index in [4.69, 9.17) is 17.0 Å². The third-order valence-electron chi connectivity index (χ3n) is 4.24. The predicted molar refractivity (Wildman–Crippen MR) is 93.6 cm³/mol. The molecule has 134 valence electrons. The van der Waals surface area contributed by atoms with Crippen LogP contribution in [0.4, 0.5) is 4.39 Å². The highest BCUT2D eigenvalue weighted by atomic mass is 32.1. The summed E-state index contributed by atoms with van der Waals surface area (Å²) in [6.45, 7) is 5.37. The molecule has 0 radical (unpaired) electrons. The van der Waals surface area contributed by atoms with E-state index in [0.717, 1.165) is 11.4 Å². The van der Waals surface area contributed by atoms with Crippen molar-refractivity contribution in [2.24, 2.45) is 5.92 Å². The number of amides is 1. The molecule has 3 rings (SSSR count). The number of carbonyl (C=O) groups excluding carboxylic acids is 1. The summed E-state index contributed by atoms with van der Waals surface area (Å²) in [6, 6.07) is 4.39. The number of aromatic amines is 1. The van der Waals surface area contributed by atoms with Crippen molar-refractivity contribution in [3.05, 3.63) is 40.2 Å². The van der Waals surface area contributed by atoms with E-state index in [0.29, 0.717) is 36.6 Å². The summed E-state index contributed by atoms with van der Waals surface area (Å²) in [7, 11) is 0. The van der Waals surface area contributed by atoms with E-state index in [1.54, 1.807) is 6.07 Å². The number of aromatic nitrogens is 3. The van der Waals surface area contributed by atoms with Crippen LogP contribution in [0.5, 0.6) is 5.75 Å². The van der Waals surface area contributed by atoms with Crippen molar-refractivity contribution in [2.45, 2.75) is 32.7 Å². The van der Waals surface area contributed by atoms with Gasteiger partial charge in [0.05, 0.1) is 5.92 Å². The monoisotopic (exact) mass is 364 g/mol. The van der Waals surface area contributed by atoms with E-state index in [-0.39, 0.29) is 23.6 Å². The fourth-order valence-electron chi connectivity index (χ4n) is 2.95. The van der Waals surface area contributed by atoms with E-state index in [9.17, 15) is 9.18 Å². The minimum Gasteiger partial charge on any atom is -0.492 e. The molecular weight excluding hydrogens is 343 g/mol. The first-order valence-corrected chi connectivity index (χ1v) is 8.70. The Labute approximate surface area is 150 Å². The minimum atomic E-state index is -0.323. The van der Waals surface area contributed by atoms with Gasteiger partial charge in [-0.3, -0.25) is 9.89 Å². The summed E-state index contributed by atoms with van der Waals surface area (Å²) in [5.74, 6) is 1.01. The largest absolute Gasteiger partial charge is 0.492 e. The van der Waals surface area contributed by atoms with Crippen molar-refractivity contribution in [1.29, 1.82) is 0 Å². The highest BCUT2D eigenvalue weighted by Crippen LogP contribution is 2.27. The third-order valence-corrected chi connectivity index (χ3v) is 4.55. The quantitative estimate of drug-likeness (QED) is 0.800. The summed E-state index contributed by atoms with van der Waals surface area (Å²) < 4.78 is 21.4. The van der Waals surface area contributed by atoms with Crippen molar-refractivity contribution in [1.82, 2.24) is 20.1 Å². The summed E-state index contributed by atoms with van der Waals surface area (Å²) in [5, 5.41) is 9.91. The average Bonchev–Trinajstić information content (AvgIpc) is 2.95. The Bertz CT molecular complexity index is 830. The number of rotatable bonds is 5. The molecule has 0 fully saturated rings. The van der Waals surface area contributed by atoms with Crippen LogP contribution in [-0.4, -0.2) is 33.8 Å². The number of H-pyrrole nitrogens is 1. The van der Waals surface area contributed by atoms with Gasteiger partial charge in [-0.2, -0.15) is 5.10 Å². The van der Waals surface area contributed by atoms with Crippen LogP contribution >= 0.6 is 12.2 Å². The van der Waals surface area contributed by atoms with Crippen LogP contribution < -0.4 is 10.1 Å². The average molecular weight is 364 g/mol. The molecule has 1 amide bonds. The lowest BCUT2D eigenvalue weighted by molar-refractivity contribution is -0.126. The Kier molecular flexibility index (Phi) is 5.17. The minimum absolute atomic E-state index is 0.101. The summed E-state index contributed by atoms with van der Waals surface area (Å²) in [5.41, 5.74) is 0.727. The zero-order chi connectivity index (χ0) is 18.0. The molecule has 2 heterocycles. The molecule has 8 heteroatoms. The number of nitrogens with one attached hydrogen (secondary N) is 2. The van der Waals surface area contributed by atoms with Crippen LogP contribution in [-0.2, 0) is 17.8 Å². The number of fused-ring (bicyclic) bond motifs is 1. The molecule has 1 aliphatic heterocycles. The molecule has 1 aliphatic rings. The maximum Gasteiger partial charge on any atom is 0.226 e. The van der Waals surface area contributed by atoms with Crippen LogP contribution in [0.25, 0.3) is 0 Å². The Balaban J connectivity index is 1.57. The summed E-state index contributed by atoms with van der Waals surface area (Å²) in [4.78, 5) is 12.4. The van der Waals surface area contributed by atoms with E-state index in [1.165, 1.54) is 12.1 Å². The van der Waals surface area contributed by atoms with Gasteiger partial charge in [-0.1, -0.05) is 13.8 Å². The van der Waals surface area contributed by atoms with Crippen molar-refractivity contribution < 1.29 is 13.9 Å². The first kappa shape index (κ1) is 17.6. The maximum atomic E-state index is 13.3. The molecule has 1 aromatic heterocycles. The SMILES string of the molecule is CC(C)c1n[nH]c(=S)n1CCNC(=O)C1COc2ccc(F)cc2C1. The number of benzene rings is 1. The van der Waals surface area contributed by atoms with Crippen LogP contribution in [0.15, 0.2) is 18.2 Å². The summed E-state index contributed by atoms with van der Waals surface area (Å²) in [6.07, 6.45) is 0.474. The van der Waals surface area contributed by atoms with Crippen LogP contribution in [0.1, 0.15) is 31.2 Å². The predicted octanol–water partition coefficient (Wildman–Crippen LogP) is 2.57. The fourth-order valence-corrected chi connectivity index (χ4v) is 3.18. The third kappa shape index (κ3) is 3.89. The number of ether oxygens (including phenoxy) is 1. The molecule has 2 aromatic rings. The second kappa shape index (κ2) is 7.35. The lowest BCUT2D eigenvalue weighted by atomic mass is 9.96. The molecular formula is C17H21FN4O2S. The lowest BCUT2D eigenvalue weighted by Crippen LogP contribution is -2.38. The van der Waals surface area contributed by atoms with Gasteiger partial charge in [0.2, 0.25) is 5.91 Å². The van der Waals surface area contributed by atoms with E-state index in [2.05, 4.69) is 15.5 Å². The van der Waals surface area contributed by atoms with Crippen LogP contribution in [0, 0.1) is 16.5 Å². The van der Waals surface area contributed by atoms with Crippen molar-refractivity contribution in [3.63, 3.8) is 0 Å². The Morgan fingerprint density at radius 1 is 1.56 bits per heavy atom. The van der Waals surface area contributed by atoms with Crippen LogP contribution in [0.3, 0.4) is 0 Å². The van der Waals surface area contributed by atoms with Gasteiger partial charge >= 0.3 is 0 Å². The molecule has 2 N–H and O–H groups in total. The summed E-state index contributed by atoms with van der Waals surface area (Å²) >= 11 is 5.23. The number of nitrogens with zero attached hydrogens (tertiary/aromatic N) is 2. The highest BCUT2D eigenvalue weighted by molar-refractivity contribution is 7.71. The van der Waals surface area contributed by atoms with Crippen molar-refractivity contribution in [2.75, 3.05) is 13.2 Å². The Morgan fingerprint density at radius 3 is 3.12 bits per heavy atom. The Morgan fingerprint density at radius 2 is 2.36 bits per heavy atom. The topological polar surface area (TPSA) is 71.9 Å². The fraction of sp³-hybridized carbons (Fsp3) is 0.471. The molecule has 0 saturated carbocycles.